The van der Waals surface area contributed by atoms with Crippen molar-refractivity contribution in [1.29, 1.82) is 5.26 Å². The molecule has 1 aliphatic rings. The van der Waals surface area contributed by atoms with Crippen LogP contribution in [0.2, 0.25) is 0 Å². The van der Waals surface area contributed by atoms with E-state index in [9.17, 15) is 4.39 Å². The lowest BCUT2D eigenvalue weighted by Crippen LogP contribution is -2.26. The molecule has 2 aromatic carbocycles. The highest BCUT2D eigenvalue weighted by molar-refractivity contribution is 5.52. The van der Waals surface area contributed by atoms with Crippen LogP contribution < -0.4 is 10.2 Å². The first-order valence-electron chi connectivity index (χ1n) is 7.43. The molecule has 112 valence electrons. The van der Waals surface area contributed by atoms with Gasteiger partial charge in [0.1, 0.15) is 5.82 Å². The normalized spacial score (nSPS) is 17.3. The van der Waals surface area contributed by atoms with E-state index in [1.165, 1.54) is 6.07 Å². The van der Waals surface area contributed by atoms with Gasteiger partial charge < -0.3 is 10.2 Å². The molecule has 0 spiro atoms. The van der Waals surface area contributed by atoms with E-state index in [2.05, 4.69) is 16.3 Å². The predicted molar refractivity (Wildman–Crippen MR) is 86.5 cm³/mol. The molecule has 0 radical (unpaired) electrons. The van der Waals surface area contributed by atoms with Crippen molar-refractivity contribution in [3.63, 3.8) is 0 Å². The molecule has 0 amide bonds. The largest absolute Gasteiger partial charge is 0.380 e. The maximum Gasteiger partial charge on any atom is 0.126 e. The molecule has 3 rings (SSSR count). The topological polar surface area (TPSA) is 39.1 Å². The Morgan fingerprint density at radius 2 is 2.00 bits per heavy atom. The molecule has 22 heavy (non-hydrogen) atoms. The van der Waals surface area contributed by atoms with Gasteiger partial charge in [-0.2, -0.15) is 5.26 Å². The van der Waals surface area contributed by atoms with E-state index in [-0.39, 0.29) is 5.82 Å². The Bertz CT molecular complexity index is 703. The Hall–Kier alpha value is -2.54. The van der Waals surface area contributed by atoms with Crippen LogP contribution in [-0.2, 0) is 0 Å². The number of anilines is 2. The number of halogens is 1. The van der Waals surface area contributed by atoms with Crippen LogP contribution in [-0.4, -0.2) is 19.1 Å². The highest BCUT2D eigenvalue weighted by Crippen LogP contribution is 2.24. The van der Waals surface area contributed by atoms with Crippen molar-refractivity contribution in [2.75, 3.05) is 23.3 Å². The maximum absolute atomic E-state index is 13.4. The summed E-state index contributed by atoms with van der Waals surface area (Å²) in [5, 5.41) is 12.3. The summed E-state index contributed by atoms with van der Waals surface area (Å²) in [7, 11) is 0. The zero-order valence-electron chi connectivity index (χ0n) is 12.5. The molecule has 1 N–H and O–H groups in total. The quantitative estimate of drug-likeness (QED) is 0.938. The SMILES string of the molecule is Cc1cc(N2CCC(Nc3ccc(C#N)cc3)C2)ccc1F. The van der Waals surface area contributed by atoms with Gasteiger partial charge in [0.25, 0.3) is 0 Å². The summed E-state index contributed by atoms with van der Waals surface area (Å²) in [5.41, 5.74) is 3.45. The van der Waals surface area contributed by atoms with Crippen LogP contribution >= 0.6 is 0 Å². The molecule has 0 bridgehead atoms. The molecule has 1 unspecified atom stereocenters. The molecule has 0 aromatic heterocycles. The minimum Gasteiger partial charge on any atom is -0.380 e. The number of nitriles is 1. The monoisotopic (exact) mass is 295 g/mol. The first-order valence-corrected chi connectivity index (χ1v) is 7.43. The fourth-order valence-corrected chi connectivity index (χ4v) is 2.81. The fraction of sp³-hybridized carbons (Fsp3) is 0.278. The van der Waals surface area contributed by atoms with Crippen LogP contribution in [0.3, 0.4) is 0 Å². The zero-order chi connectivity index (χ0) is 15.5. The maximum atomic E-state index is 13.4. The highest BCUT2D eigenvalue weighted by atomic mass is 19.1. The Kier molecular flexibility index (Phi) is 3.97. The molecule has 2 aromatic rings. The molecule has 3 nitrogen and oxygen atoms in total. The first kappa shape index (κ1) is 14.4. The van der Waals surface area contributed by atoms with Gasteiger partial charge in [-0.3, -0.25) is 0 Å². The molecule has 1 heterocycles. The van der Waals surface area contributed by atoms with E-state index < -0.39 is 0 Å². The number of benzene rings is 2. The molecule has 0 aliphatic carbocycles. The van der Waals surface area contributed by atoms with Crippen LogP contribution in [0.1, 0.15) is 17.5 Å². The Morgan fingerprint density at radius 1 is 1.23 bits per heavy atom. The summed E-state index contributed by atoms with van der Waals surface area (Å²) in [6, 6.07) is 15.3. The van der Waals surface area contributed by atoms with Crippen LogP contribution in [0.4, 0.5) is 15.8 Å². The average Bonchev–Trinajstić information content (AvgIpc) is 2.99. The summed E-state index contributed by atoms with van der Waals surface area (Å²) in [4.78, 5) is 2.27. The van der Waals surface area contributed by atoms with Crippen molar-refractivity contribution >= 4 is 11.4 Å². The summed E-state index contributed by atoms with van der Waals surface area (Å²) in [6.45, 7) is 3.64. The number of hydrogen-bond donors (Lipinski definition) is 1. The molecular weight excluding hydrogens is 277 g/mol. The van der Waals surface area contributed by atoms with Gasteiger partial charge in [0, 0.05) is 30.5 Å². The van der Waals surface area contributed by atoms with Gasteiger partial charge in [-0.05, 0) is 61.4 Å². The molecule has 4 heteroatoms. The molecule has 1 fully saturated rings. The average molecular weight is 295 g/mol. The minimum atomic E-state index is -0.157. The Balaban J connectivity index is 1.64. The van der Waals surface area contributed by atoms with Crippen molar-refractivity contribution in [3.05, 3.63) is 59.4 Å². The number of nitrogens with one attached hydrogen (secondary N) is 1. The highest BCUT2D eigenvalue weighted by Gasteiger charge is 2.22. The second-order valence-electron chi connectivity index (χ2n) is 5.70. The zero-order valence-corrected chi connectivity index (χ0v) is 12.5. The Labute approximate surface area is 130 Å². The van der Waals surface area contributed by atoms with E-state index in [1.54, 1.807) is 6.92 Å². The van der Waals surface area contributed by atoms with E-state index in [0.717, 1.165) is 30.9 Å². The first-order chi connectivity index (χ1) is 10.7. The van der Waals surface area contributed by atoms with Crippen LogP contribution in [0.25, 0.3) is 0 Å². The summed E-state index contributed by atoms with van der Waals surface area (Å²) in [6.07, 6.45) is 1.04. The summed E-state index contributed by atoms with van der Waals surface area (Å²) in [5.74, 6) is -0.157. The molecule has 0 saturated carbocycles. The van der Waals surface area contributed by atoms with Crippen molar-refractivity contribution in [2.24, 2.45) is 0 Å². The number of aryl methyl sites for hydroxylation is 1. The van der Waals surface area contributed by atoms with Crippen molar-refractivity contribution < 1.29 is 4.39 Å². The molecular formula is C18H18FN3. The van der Waals surface area contributed by atoms with Gasteiger partial charge in [-0.15, -0.1) is 0 Å². The standard InChI is InChI=1S/C18H18FN3/c1-13-10-17(6-7-18(13)19)22-9-8-16(12-22)21-15-4-2-14(11-20)3-5-15/h2-7,10,16,21H,8-9,12H2,1H3. The van der Waals surface area contributed by atoms with E-state index in [1.807, 2.05) is 36.4 Å². The third-order valence-electron chi connectivity index (χ3n) is 4.08. The third kappa shape index (κ3) is 3.04. The lowest BCUT2D eigenvalue weighted by atomic mass is 10.2. The van der Waals surface area contributed by atoms with Gasteiger partial charge in [0.15, 0.2) is 0 Å². The smallest absolute Gasteiger partial charge is 0.126 e. The van der Waals surface area contributed by atoms with E-state index >= 15 is 0 Å². The lowest BCUT2D eigenvalue weighted by molar-refractivity contribution is 0.618. The van der Waals surface area contributed by atoms with Crippen LogP contribution in [0, 0.1) is 24.1 Å². The summed E-state index contributed by atoms with van der Waals surface area (Å²) >= 11 is 0. The van der Waals surface area contributed by atoms with Crippen molar-refractivity contribution in [2.45, 2.75) is 19.4 Å². The lowest BCUT2D eigenvalue weighted by Gasteiger charge is -2.20. The molecule has 1 saturated heterocycles. The second kappa shape index (κ2) is 6.07. The van der Waals surface area contributed by atoms with E-state index in [4.69, 9.17) is 5.26 Å². The van der Waals surface area contributed by atoms with Gasteiger partial charge in [-0.25, -0.2) is 4.39 Å². The Morgan fingerprint density at radius 3 is 2.68 bits per heavy atom. The van der Waals surface area contributed by atoms with Gasteiger partial charge in [0.2, 0.25) is 0 Å². The van der Waals surface area contributed by atoms with Crippen LogP contribution in [0.15, 0.2) is 42.5 Å². The molecule has 1 atom stereocenters. The van der Waals surface area contributed by atoms with Gasteiger partial charge in [-0.1, -0.05) is 0 Å². The van der Waals surface area contributed by atoms with Crippen molar-refractivity contribution in [3.8, 4) is 6.07 Å². The molecule has 1 aliphatic heterocycles. The van der Waals surface area contributed by atoms with Crippen molar-refractivity contribution in [1.82, 2.24) is 0 Å². The number of hydrogen-bond acceptors (Lipinski definition) is 3. The van der Waals surface area contributed by atoms with Crippen LogP contribution in [0.5, 0.6) is 0 Å². The van der Waals surface area contributed by atoms with Gasteiger partial charge >= 0.3 is 0 Å². The number of rotatable bonds is 3. The second-order valence-corrected chi connectivity index (χ2v) is 5.70. The van der Waals surface area contributed by atoms with Gasteiger partial charge in [0.05, 0.1) is 11.6 Å². The predicted octanol–water partition coefficient (Wildman–Crippen LogP) is 3.70. The van der Waals surface area contributed by atoms with E-state index in [0.29, 0.717) is 17.2 Å². The summed E-state index contributed by atoms with van der Waals surface area (Å²) < 4.78 is 13.4. The number of nitrogens with zero attached hydrogens (tertiary/aromatic N) is 2. The third-order valence-corrected chi connectivity index (χ3v) is 4.08. The fourth-order valence-electron chi connectivity index (χ4n) is 2.81. The minimum absolute atomic E-state index is 0.157.